The second-order valence-electron chi connectivity index (χ2n) is 3.81. The highest BCUT2D eigenvalue weighted by Gasteiger charge is 2.04. The van der Waals surface area contributed by atoms with Crippen LogP contribution in [-0.4, -0.2) is 25.6 Å². The summed E-state index contributed by atoms with van der Waals surface area (Å²) in [5, 5.41) is 2.76. The van der Waals surface area contributed by atoms with Crippen molar-refractivity contribution < 1.29 is 9.53 Å². The van der Waals surface area contributed by atoms with Crippen molar-refractivity contribution in [3.63, 3.8) is 0 Å². The Hall–Kier alpha value is -1.55. The van der Waals surface area contributed by atoms with Gasteiger partial charge in [-0.15, -0.1) is 0 Å². The molecule has 0 saturated heterocycles. The Labute approximate surface area is 95.8 Å². The van der Waals surface area contributed by atoms with Crippen molar-refractivity contribution in [1.82, 2.24) is 5.32 Å². The van der Waals surface area contributed by atoms with Gasteiger partial charge in [-0.2, -0.15) is 0 Å². The fraction of sp³-hybridized carbons (Fsp3) is 0.417. The second-order valence-corrected chi connectivity index (χ2v) is 3.81. The second kappa shape index (κ2) is 6.12. The fourth-order valence-corrected chi connectivity index (χ4v) is 1.27. The van der Waals surface area contributed by atoms with Crippen molar-refractivity contribution in [3.8, 4) is 5.75 Å². The molecule has 0 aliphatic carbocycles. The first-order valence-electron chi connectivity index (χ1n) is 5.27. The molecule has 0 saturated carbocycles. The highest BCUT2D eigenvalue weighted by atomic mass is 16.5. The van der Waals surface area contributed by atoms with E-state index in [2.05, 4.69) is 5.32 Å². The molecule has 4 heteroatoms. The van der Waals surface area contributed by atoms with Crippen LogP contribution < -0.4 is 15.8 Å². The number of ether oxygens (including phenoxy) is 1. The summed E-state index contributed by atoms with van der Waals surface area (Å²) in [7, 11) is 1.62. The van der Waals surface area contributed by atoms with Gasteiger partial charge in [0.1, 0.15) is 5.75 Å². The van der Waals surface area contributed by atoms with Gasteiger partial charge in [0.05, 0.1) is 13.5 Å². The maximum absolute atomic E-state index is 11.5. The summed E-state index contributed by atoms with van der Waals surface area (Å²) < 4.78 is 5.04. The van der Waals surface area contributed by atoms with Crippen LogP contribution >= 0.6 is 0 Å². The van der Waals surface area contributed by atoms with E-state index in [1.54, 1.807) is 7.11 Å². The summed E-state index contributed by atoms with van der Waals surface area (Å²) >= 11 is 0. The van der Waals surface area contributed by atoms with Crippen LogP contribution in [-0.2, 0) is 11.2 Å². The first kappa shape index (κ1) is 12.5. The Bertz CT molecular complexity index is 333. The predicted molar refractivity (Wildman–Crippen MR) is 63.4 cm³/mol. The molecule has 4 nitrogen and oxygen atoms in total. The van der Waals surface area contributed by atoms with Crippen LogP contribution in [0.2, 0.25) is 0 Å². The molecule has 0 heterocycles. The maximum Gasteiger partial charge on any atom is 0.224 e. The number of hydrogen-bond donors (Lipinski definition) is 2. The van der Waals surface area contributed by atoms with E-state index in [1.807, 2.05) is 31.2 Å². The number of amides is 1. The van der Waals surface area contributed by atoms with E-state index in [9.17, 15) is 4.79 Å². The van der Waals surface area contributed by atoms with Gasteiger partial charge >= 0.3 is 0 Å². The molecule has 1 atom stereocenters. The fourth-order valence-electron chi connectivity index (χ4n) is 1.27. The van der Waals surface area contributed by atoms with Crippen LogP contribution in [0.15, 0.2) is 24.3 Å². The zero-order valence-corrected chi connectivity index (χ0v) is 9.69. The molecular weight excluding hydrogens is 204 g/mol. The summed E-state index contributed by atoms with van der Waals surface area (Å²) in [4.78, 5) is 11.5. The molecule has 1 rings (SSSR count). The molecule has 0 aliphatic rings. The minimum Gasteiger partial charge on any atom is -0.497 e. The Kier molecular flexibility index (Phi) is 4.79. The van der Waals surface area contributed by atoms with Crippen LogP contribution in [0, 0.1) is 0 Å². The van der Waals surface area contributed by atoms with E-state index in [-0.39, 0.29) is 11.9 Å². The highest BCUT2D eigenvalue weighted by Crippen LogP contribution is 2.11. The van der Waals surface area contributed by atoms with Crippen LogP contribution in [0.5, 0.6) is 5.75 Å². The van der Waals surface area contributed by atoms with Crippen molar-refractivity contribution in [2.24, 2.45) is 5.73 Å². The highest BCUT2D eigenvalue weighted by molar-refractivity contribution is 5.78. The van der Waals surface area contributed by atoms with E-state index in [1.165, 1.54) is 0 Å². The van der Waals surface area contributed by atoms with E-state index >= 15 is 0 Å². The smallest absolute Gasteiger partial charge is 0.224 e. The molecule has 1 aromatic rings. The van der Waals surface area contributed by atoms with Crippen molar-refractivity contribution in [2.45, 2.75) is 19.4 Å². The lowest BCUT2D eigenvalue weighted by Gasteiger charge is -2.08. The van der Waals surface area contributed by atoms with Crippen molar-refractivity contribution >= 4 is 5.91 Å². The van der Waals surface area contributed by atoms with Gasteiger partial charge in [-0.3, -0.25) is 4.79 Å². The average molecular weight is 222 g/mol. The Balaban J connectivity index is 2.43. The van der Waals surface area contributed by atoms with Gasteiger partial charge in [-0.05, 0) is 24.6 Å². The molecule has 88 valence electrons. The maximum atomic E-state index is 11.5. The van der Waals surface area contributed by atoms with Gasteiger partial charge in [0.2, 0.25) is 5.91 Å². The third kappa shape index (κ3) is 4.31. The number of rotatable bonds is 5. The van der Waals surface area contributed by atoms with E-state index < -0.39 is 0 Å². The standard InChI is InChI=1S/C12H18N2O2/c1-9(13)8-14-12(15)7-10-3-5-11(16-2)6-4-10/h3-6,9H,7-8,13H2,1-2H3,(H,14,15). The molecule has 3 N–H and O–H groups in total. The quantitative estimate of drug-likeness (QED) is 0.771. The normalized spacial score (nSPS) is 11.9. The number of carbonyl (C=O) groups excluding carboxylic acids is 1. The number of methoxy groups -OCH3 is 1. The number of carbonyl (C=O) groups is 1. The number of benzene rings is 1. The molecular formula is C12H18N2O2. The molecule has 0 fully saturated rings. The average Bonchev–Trinajstić information content (AvgIpc) is 2.27. The summed E-state index contributed by atoms with van der Waals surface area (Å²) in [6, 6.07) is 7.43. The molecule has 16 heavy (non-hydrogen) atoms. The Morgan fingerprint density at radius 1 is 1.44 bits per heavy atom. The van der Waals surface area contributed by atoms with E-state index in [0.29, 0.717) is 13.0 Å². The summed E-state index contributed by atoms with van der Waals surface area (Å²) in [5.41, 5.74) is 6.50. The first-order valence-corrected chi connectivity index (χ1v) is 5.27. The minimum absolute atomic E-state index is 0.0116. The van der Waals surface area contributed by atoms with Gasteiger partial charge in [-0.25, -0.2) is 0 Å². The molecule has 0 bridgehead atoms. The predicted octanol–water partition coefficient (Wildman–Crippen LogP) is 0.701. The summed E-state index contributed by atoms with van der Waals surface area (Å²) in [6.07, 6.45) is 0.372. The van der Waals surface area contributed by atoms with Gasteiger partial charge < -0.3 is 15.8 Å². The zero-order chi connectivity index (χ0) is 12.0. The molecule has 1 unspecified atom stereocenters. The van der Waals surface area contributed by atoms with Gasteiger partial charge in [0.25, 0.3) is 0 Å². The van der Waals surface area contributed by atoms with Crippen LogP contribution in [0.4, 0.5) is 0 Å². The Morgan fingerprint density at radius 2 is 2.06 bits per heavy atom. The van der Waals surface area contributed by atoms with Crippen LogP contribution in [0.25, 0.3) is 0 Å². The number of nitrogens with one attached hydrogen (secondary N) is 1. The molecule has 0 aromatic heterocycles. The van der Waals surface area contributed by atoms with Gasteiger partial charge in [0, 0.05) is 12.6 Å². The third-order valence-corrected chi connectivity index (χ3v) is 2.14. The van der Waals surface area contributed by atoms with Gasteiger partial charge in [-0.1, -0.05) is 12.1 Å². The van der Waals surface area contributed by atoms with Crippen molar-refractivity contribution in [1.29, 1.82) is 0 Å². The van der Waals surface area contributed by atoms with Crippen LogP contribution in [0.3, 0.4) is 0 Å². The SMILES string of the molecule is COc1ccc(CC(=O)NCC(C)N)cc1. The van der Waals surface area contributed by atoms with Gasteiger partial charge in [0.15, 0.2) is 0 Å². The van der Waals surface area contributed by atoms with Crippen molar-refractivity contribution in [2.75, 3.05) is 13.7 Å². The zero-order valence-electron chi connectivity index (χ0n) is 9.69. The largest absolute Gasteiger partial charge is 0.497 e. The van der Waals surface area contributed by atoms with Crippen molar-refractivity contribution in [3.05, 3.63) is 29.8 Å². The Morgan fingerprint density at radius 3 is 2.56 bits per heavy atom. The topological polar surface area (TPSA) is 64.3 Å². The third-order valence-electron chi connectivity index (χ3n) is 2.14. The lowest BCUT2D eigenvalue weighted by atomic mass is 10.1. The molecule has 0 radical (unpaired) electrons. The lowest BCUT2D eigenvalue weighted by molar-refractivity contribution is -0.120. The number of hydrogen-bond acceptors (Lipinski definition) is 3. The summed E-state index contributed by atoms with van der Waals surface area (Å²) in [6.45, 7) is 2.36. The molecule has 0 spiro atoms. The monoisotopic (exact) mass is 222 g/mol. The van der Waals surface area contributed by atoms with Crippen LogP contribution in [0.1, 0.15) is 12.5 Å². The number of nitrogens with two attached hydrogens (primary N) is 1. The molecule has 1 amide bonds. The molecule has 1 aromatic carbocycles. The lowest BCUT2D eigenvalue weighted by Crippen LogP contribution is -2.35. The summed E-state index contributed by atoms with van der Waals surface area (Å²) in [5.74, 6) is 0.780. The minimum atomic E-state index is -0.0141. The van der Waals surface area contributed by atoms with E-state index in [0.717, 1.165) is 11.3 Å². The molecule has 0 aliphatic heterocycles. The van der Waals surface area contributed by atoms with E-state index in [4.69, 9.17) is 10.5 Å². The first-order chi connectivity index (χ1) is 7.61.